The van der Waals surface area contributed by atoms with Gasteiger partial charge in [0, 0.05) is 5.56 Å². The molecule has 0 fully saturated rings. The Hall–Kier alpha value is -1.13. The molecule has 0 aliphatic rings. The number of carbonyl (C=O) groups is 1. The zero-order valence-corrected chi connectivity index (χ0v) is 7.77. The third-order valence-corrected chi connectivity index (χ3v) is 1.37. The summed E-state index contributed by atoms with van der Waals surface area (Å²) in [5.74, 6) is 0. The summed E-state index contributed by atoms with van der Waals surface area (Å²) in [7, 11) is -1.46. The van der Waals surface area contributed by atoms with Crippen LogP contribution in [0.2, 0.25) is 0 Å². The average molecular weight is 180 g/mol. The van der Waals surface area contributed by atoms with Crippen LogP contribution in [0.1, 0.15) is 24.2 Å². The van der Waals surface area contributed by atoms with Crippen molar-refractivity contribution in [2.24, 2.45) is 0 Å². The quantitative estimate of drug-likeness (QED) is 0.505. The number of benzene rings is 1. The maximum atomic E-state index is 10.2. The molecule has 0 atom stereocenters. The molecule has 13 heavy (non-hydrogen) atoms. The fourth-order valence-corrected chi connectivity index (χ4v) is 0.747. The zero-order chi connectivity index (χ0) is 10.3. The minimum Gasteiger partial charge on any atom is -0.423 e. The van der Waals surface area contributed by atoms with Crippen molar-refractivity contribution in [3.05, 3.63) is 29.8 Å². The second-order valence-corrected chi connectivity index (χ2v) is 2.16. The van der Waals surface area contributed by atoms with Gasteiger partial charge in [-0.05, 0) is 5.46 Å². The molecule has 0 saturated heterocycles. The first kappa shape index (κ1) is 11.9. The third-order valence-electron chi connectivity index (χ3n) is 1.37. The first-order chi connectivity index (χ1) is 6.24. The van der Waals surface area contributed by atoms with E-state index in [0.717, 1.165) is 0 Å². The molecule has 0 aliphatic heterocycles. The Balaban J connectivity index is 0.000000671. The van der Waals surface area contributed by atoms with E-state index in [1.165, 1.54) is 24.3 Å². The van der Waals surface area contributed by atoms with Crippen molar-refractivity contribution in [1.82, 2.24) is 0 Å². The lowest BCUT2D eigenvalue weighted by atomic mass is 9.80. The number of rotatable bonds is 2. The van der Waals surface area contributed by atoms with Gasteiger partial charge < -0.3 is 10.0 Å². The lowest BCUT2D eigenvalue weighted by Crippen LogP contribution is -2.29. The van der Waals surface area contributed by atoms with Gasteiger partial charge in [-0.2, -0.15) is 0 Å². The summed E-state index contributed by atoms with van der Waals surface area (Å²) in [5, 5.41) is 17.3. The van der Waals surface area contributed by atoms with Crippen molar-refractivity contribution < 1.29 is 14.8 Å². The predicted octanol–water partition coefficient (Wildman–Crippen LogP) is 0.205. The molecule has 4 heteroatoms. The largest absolute Gasteiger partial charge is 0.488 e. The van der Waals surface area contributed by atoms with Gasteiger partial charge in [0.1, 0.15) is 6.29 Å². The standard InChI is InChI=1S/C7H7BO3.C2H6/c9-5-6-1-3-7(4-2-6)8(10)11;1-2/h1-5,10-11H;1-2H3. The molecule has 0 saturated carbocycles. The lowest BCUT2D eigenvalue weighted by Gasteiger charge is -1.97. The fraction of sp³-hybridized carbons (Fsp3) is 0.222. The Morgan fingerprint density at radius 1 is 1.15 bits per heavy atom. The monoisotopic (exact) mass is 180 g/mol. The van der Waals surface area contributed by atoms with Gasteiger partial charge in [0.2, 0.25) is 0 Å². The van der Waals surface area contributed by atoms with Crippen LogP contribution in [0.15, 0.2) is 24.3 Å². The molecule has 0 amide bonds. The van der Waals surface area contributed by atoms with Crippen LogP contribution in [0.4, 0.5) is 0 Å². The Labute approximate surface area is 78.2 Å². The van der Waals surface area contributed by atoms with Gasteiger partial charge in [0.05, 0.1) is 0 Å². The summed E-state index contributed by atoms with van der Waals surface area (Å²) in [6, 6.07) is 6.05. The van der Waals surface area contributed by atoms with Crippen LogP contribution in [0, 0.1) is 0 Å². The topological polar surface area (TPSA) is 57.5 Å². The Morgan fingerprint density at radius 2 is 1.62 bits per heavy atom. The van der Waals surface area contributed by atoms with Crippen LogP contribution >= 0.6 is 0 Å². The Kier molecular flexibility index (Phi) is 5.84. The lowest BCUT2D eigenvalue weighted by molar-refractivity contribution is 0.112. The van der Waals surface area contributed by atoms with E-state index < -0.39 is 7.12 Å². The molecule has 1 rings (SSSR count). The van der Waals surface area contributed by atoms with E-state index in [4.69, 9.17) is 10.0 Å². The summed E-state index contributed by atoms with van der Waals surface area (Å²) in [5.41, 5.74) is 0.907. The van der Waals surface area contributed by atoms with Gasteiger partial charge in [0.15, 0.2) is 0 Å². The minimum atomic E-state index is -1.46. The Bertz CT molecular complexity index is 244. The predicted molar refractivity (Wildman–Crippen MR) is 53.0 cm³/mol. The number of carbonyl (C=O) groups excluding carboxylic acids is 1. The molecular weight excluding hydrogens is 167 g/mol. The van der Waals surface area contributed by atoms with Crippen LogP contribution < -0.4 is 5.46 Å². The number of aldehydes is 1. The van der Waals surface area contributed by atoms with Crippen molar-refractivity contribution in [2.45, 2.75) is 13.8 Å². The fourth-order valence-electron chi connectivity index (χ4n) is 0.747. The van der Waals surface area contributed by atoms with Crippen LogP contribution in [0.3, 0.4) is 0 Å². The molecule has 0 heterocycles. The second kappa shape index (κ2) is 6.40. The molecule has 70 valence electrons. The summed E-state index contributed by atoms with van der Waals surface area (Å²) in [6.07, 6.45) is 0.702. The maximum absolute atomic E-state index is 10.2. The molecule has 0 aliphatic carbocycles. The van der Waals surface area contributed by atoms with Crippen molar-refractivity contribution in [1.29, 1.82) is 0 Å². The summed E-state index contributed by atoms with van der Waals surface area (Å²) >= 11 is 0. The van der Waals surface area contributed by atoms with E-state index in [-0.39, 0.29) is 0 Å². The third kappa shape index (κ3) is 3.87. The van der Waals surface area contributed by atoms with E-state index >= 15 is 0 Å². The van der Waals surface area contributed by atoms with Gasteiger partial charge >= 0.3 is 7.12 Å². The molecule has 1 aromatic rings. The molecule has 2 N–H and O–H groups in total. The molecule has 3 nitrogen and oxygen atoms in total. The van der Waals surface area contributed by atoms with Crippen molar-refractivity contribution in [3.63, 3.8) is 0 Å². The highest BCUT2D eigenvalue weighted by Crippen LogP contribution is 1.91. The van der Waals surface area contributed by atoms with Gasteiger partial charge in [-0.3, -0.25) is 4.79 Å². The van der Waals surface area contributed by atoms with Crippen molar-refractivity contribution in [2.75, 3.05) is 0 Å². The Morgan fingerprint density at radius 3 is 1.92 bits per heavy atom. The van der Waals surface area contributed by atoms with E-state index in [9.17, 15) is 4.79 Å². The summed E-state index contributed by atoms with van der Waals surface area (Å²) < 4.78 is 0. The van der Waals surface area contributed by atoms with E-state index in [2.05, 4.69) is 0 Å². The van der Waals surface area contributed by atoms with Crippen LogP contribution in [-0.4, -0.2) is 23.5 Å². The highest BCUT2D eigenvalue weighted by molar-refractivity contribution is 6.58. The SMILES string of the molecule is CC.O=Cc1ccc(B(O)O)cc1. The minimum absolute atomic E-state index is 0.385. The molecule has 0 bridgehead atoms. The highest BCUT2D eigenvalue weighted by atomic mass is 16.4. The average Bonchev–Trinajstić information content (AvgIpc) is 2.21. The van der Waals surface area contributed by atoms with Crippen LogP contribution in [0.25, 0.3) is 0 Å². The molecule has 0 aromatic heterocycles. The number of hydrogen-bond acceptors (Lipinski definition) is 3. The smallest absolute Gasteiger partial charge is 0.423 e. The second-order valence-electron chi connectivity index (χ2n) is 2.16. The zero-order valence-electron chi connectivity index (χ0n) is 7.77. The van der Waals surface area contributed by atoms with Gasteiger partial charge in [-0.25, -0.2) is 0 Å². The number of hydrogen-bond donors (Lipinski definition) is 2. The molecule has 0 unspecified atom stereocenters. The summed E-state index contributed by atoms with van der Waals surface area (Å²) in [4.78, 5) is 10.2. The van der Waals surface area contributed by atoms with Gasteiger partial charge in [-0.1, -0.05) is 38.1 Å². The maximum Gasteiger partial charge on any atom is 0.488 e. The first-order valence-electron chi connectivity index (χ1n) is 4.15. The van der Waals surface area contributed by atoms with E-state index in [1.54, 1.807) is 0 Å². The molecular formula is C9H13BO3. The van der Waals surface area contributed by atoms with E-state index in [1.807, 2.05) is 13.8 Å². The van der Waals surface area contributed by atoms with Crippen molar-refractivity contribution in [3.8, 4) is 0 Å². The normalized spacial score (nSPS) is 8.31. The molecule has 1 aromatic carbocycles. The van der Waals surface area contributed by atoms with Gasteiger partial charge in [-0.15, -0.1) is 0 Å². The molecule has 0 spiro atoms. The summed E-state index contributed by atoms with van der Waals surface area (Å²) in [6.45, 7) is 4.00. The van der Waals surface area contributed by atoms with Crippen LogP contribution in [-0.2, 0) is 0 Å². The highest BCUT2D eigenvalue weighted by Gasteiger charge is 2.08. The van der Waals surface area contributed by atoms with E-state index in [0.29, 0.717) is 17.3 Å². The van der Waals surface area contributed by atoms with Gasteiger partial charge in [0.25, 0.3) is 0 Å². The van der Waals surface area contributed by atoms with Crippen molar-refractivity contribution >= 4 is 18.9 Å². The van der Waals surface area contributed by atoms with Crippen LogP contribution in [0.5, 0.6) is 0 Å². The first-order valence-corrected chi connectivity index (χ1v) is 4.15. The molecule has 0 radical (unpaired) electrons.